The zero-order valence-corrected chi connectivity index (χ0v) is 20.3. The van der Waals surface area contributed by atoms with Crippen LogP contribution in [0.1, 0.15) is 60.7 Å². The molecule has 35 heavy (non-hydrogen) atoms. The zero-order valence-electron chi connectivity index (χ0n) is 20.3. The van der Waals surface area contributed by atoms with Crippen molar-refractivity contribution in [3.8, 4) is 6.07 Å². The minimum absolute atomic E-state index is 0.141. The molecular weight excluding hydrogens is 452 g/mol. The van der Waals surface area contributed by atoms with Crippen molar-refractivity contribution in [2.75, 3.05) is 25.5 Å². The quantitative estimate of drug-likeness (QED) is 0.596. The first-order valence-electron chi connectivity index (χ1n) is 11.2. The van der Waals surface area contributed by atoms with Gasteiger partial charge in [-0.15, -0.1) is 0 Å². The van der Waals surface area contributed by atoms with E-state index < -0.39 is 29.1 Å². The number of likely N-dealkylation sites (tertiary alicyclic amines) is 1. The number of piperidine rings is 1. The SMILES string of the molecule is COC(=O)c1ccc(Nc2nn(C3(CC#N)CCN(C(=O)OC(C)(C)C)CC3)cc2C(N)=O)cc1. The van der Waals surface area contributed by atoms with E-state index >= 15 is 0 Å². The summed E-state index contributed by atoms with van der Waals surface area (Å²) < 4.78 is 11.8. The van der Waals surface area contributed by atoms with Crippen molar-refractivity contribution in [1.29, 1.82) is 5.26 Å². The number of carbonyl (C=O) groups excluding carboxylic acids is 3. The molecule has 1 fully saturated rings. The number of esters is 1. The smallest absolute Gasteiger partial charge is 0.410 e. The van der Waals surface area contributed by atoms with Gasteiger partial charge in [-0.1, -0.05) is 0 Å². The summed E-state index contributed by atoms with van der Waals surface area (Å²) in [6, 6.07) is 8.68. The van der Waals surface area contributed by atoms with Crippen LogP contribution in [0.2, 0.25) is 0 Å². The number of anilines is 2. The molecule has 0 spiro atoms. The molecule has 1 aromatic heterocycles. The van der Waals surface area contributed by atoms with Gasteiger partial charge in [0.05, 0.1) is 30.7 Å². The number of rotatable bonds is 6. The number of aromatic nitrogens is 2. The number of carbonyl (C=O) groups is 3. The number of hydrogen-bond acceptors (Lipinski definition) is 8. The van der Waals surface area contributed by atoms with E-state index in [1.807, 2.05) is 0 Å². The van der Waals surface area contributed by atoms with Gasteiger partial charge in [0.25, 0.3) is 5.91 Å². The van der Waals surface area contributed by atoms with Crippen LogP contribution in [0.3, 0.4) is 0 Å². The maximum atomic E-state index is 12.5. The fraction of sp³-hybridized carbons (Fsp3) is 0.458. The Morgan fingerprint density at radius 1 is 1.20 bits per heavy atom. The second kappa shape index (κ2) is 10.0. The highest BCUT2D eigenvalue weighted by atomic mass is 16.6. The van der Waals surface area contributed by atoms with E-state index in [-0.39, 0.29) is 17.8 Å². The van der Waals surface area contributed by atoms with Crippen molar-refractivity contribution < 1.29 is 23.9 Å². The average Bonchev–Trinajstić information content (AvgIpc) is 3.23. The maximum absolute atomic E-state index is 12.5. The minimum atomic E-state index is -0.716. The van der Waals surface area contributed by atoms with Gasteiger partial charge >= 0.3 is 12.1 Å². The highest BCUT2D eigenvalue weighted by Gasteiger charge is 2.40. The van der Waals surface area contributed by atoms with Crippen LogP contribution in [0.25, 0.3) is 0 Å². The molecule has 11 nitrogen and oxygen atoms in total. The molecule has 0 atom stereocenters. The summed E-state index contributed by atoms with van der Waals surface area (Å²) in [5.41, 5.74) is 5.40. The third-order valence-corrected chi connectivity index (χ3v) is 5.79. The molecule has 1 saturated heterocycles. The highest BCUT2D eigenvalue weighted by molar-refractivity contribution is 5.98. The van der Waals surface area contributed by atoms with Crippen LogP contribution >= 0.6 is 0 Å². The summed E-state index contributed by atoms with van der Waals surface area (Å²) in [4.78, 5) is 37.9. The Labute approximate surface area is 203 Å². The number of ether oxygens (including phenoxy) is 2. The topological polar surface area (TPSA) is 153 Å². The third-order valence-electron chi connectivity index (χ3n) is 5.79. The summed E-state index contributed by atoms with van der Waals surface area (Å²) in [7, 11) is 1.30. The summed E-state index contributed by atoms with van der Waals surface area (Å²) in [6.45, 7) is 6.17. The van der Waals surface area contributed by atoms with Crippen molar-refractivity contribution in [2.45, 2.75) is 51.2 Å². The van der Waals surface area contributed by atoms with Gasteiger partial charge in [0.15, 0.2) is 5.82 Å². The molecule has 11 heteroatoms. The molecule has 0 aliphatic carbocycles. The number of nitrogens with one attached hydrogen (secondary N) is 1. The Bertz CT molecular complexity index is 1130. The van der Waals surface area contributed by atoms with Gasteiger partial charge in [0.2, 0.25) is 0 Å². The van der Waals surface area contributed by atoms with Crippen molar-refractivity contribution >= 4 is 29.5 Å². The molecule has 3 N–H and O–H groups in total. The molecule has 186 valence electrons. The monoisotopic (exact) mass is 482 g/mol. The maximum Gasteiger partial charge on any atom is 0.410 e. The van der Waals surface area contributed by atoms with Gasteiger partial charge in [0, 0.05) is 25.0 Å². The van der Waals surface area contributed by atoms with E-state index in [4.69, 9.17) is 15.2 Å². The molecular formula is C24H30N6O5. The van der Waals surface area contributed by atoms with Gasteiger partial charge in [-0.2, -0.15) is 10.4 Å². The number of methoxy groups -OCH3 is 1. The van der Waals surface area contributed by atoms with Crippen molar-refractivity contribution in [3.05, 3.63) is 41.6 Å². The number of nitrogens with two attached hydrogens (primary N) is 1. The van der Waals surface area contributed by atoms with Crippen molar-refractivity contribution in [1.82, 2.24) is 14.7 Å². The number of benzene rings is 1. The lowest BCUT2D eigenvalue weighted by Crippen LogP contribution is -2.49. The van der Waals surface area contributed by atoms with E-state index in [1.54, 1.807) is 54.6 Å². The number of amides is 2. The largest absolute Gasteiger partial charge is 0.465 e. The van der Waals surface area contributed by atoms with Gasteiger partial charge in [-0.05, 0) is 57.9 Å². The molecule has 1 aliphatic heterocycles. The number of primary amides is 1. The Hall–Kier alpha value is -4.07. The lowest BCUT2D eigenvalue weighted by molar-refractivity contribution is 0.0105. The Morgan fingerprint density at radius 2 is 1.83 bits per heavy atom. The van der Waals surface area contributed by atoms with Crippen LogP contribution in [0, 0.1) is 11.3 Å². The zero-order chi connectivity index (χ0) is 25.8. The standard InChI is InChI=1S/C24H30N6O5/c1-23(2,3)35-22(33)29-13-10-24(9-12-25,11-14-29)30-15-18(19(26)31)20(28-30)27-17-7-5-16(6-8-17)21(32)34-4/h5-8,15H,9-11,13-14H2,1-4H3,(H2,26,31)(H,27,28). The molecule has 1 aromatic carbocycles. The van der Waals surface area contributed by atoms with Crippen LogP contribution in [-0.2, 0) is 15.0 Å². The predicted octanol–water partition coefficient (Wildman–Crippen LogP) is 3.15. The minimum Gasteiger partial charge on any atom is -0.465 e. The number of nitriles is 1. The van der Waals surface area contributed by atoms with Crippen LogP contribution in [0.15, 0.2) is 30.5 Å². The van der Waals surface area contributed by atoms with Gasteiger partial charge < -0.3 is 25.4 Å². The molecule has 2 aromatic rings. The lowest BCUT2D eigenvalue weighted by atomic mass is 9.85. The summed E-state index contributed by atoms with van der Waals surface area (Å²) in [5.74, 6) is -0.909. The van der Waals surface area contributed by atoms with Gasteiger partial charge in [0.1, 0.15) is 11.2 Å². The van der Waals surface area contributed by atoms with Crippen molar-refractivity contribution in [3.63, 3.8) is 0 Å². The van der Waals surface area contributed by atoms with E-state index in [0.717, 1.165) is 0 Å². The molecule has 0 saturated carbocycles. The first-order valence-corrected chi connectivity index (χ1v) is 11.2. The van der Waals surface area contributed by atoms with E-state index in [0.29, 0.717) is 37.2 Å². The number of nitrogens with zero attached hydrogens (tertiary/aromatic N) is 4. The summed E-state index contributed by atoms with van der Waals surface area (Å²) in [5, 5.41) is 17.2. The Morgan fingerprint density at radius 3 is 2.34 bits per heavy atom. The second-order valence-electron chi connectivity index (χ2n) is 9.42. The molecule has 3 rings (SSSR count). The van der Waals surface area contributed by atoms with Crippen LogP contribution in [0.4, 0.5) is 16.3 Å². The highest BCUT2D eigenvalue weighted by Crippen LogP contribution is 2.35. The van der Waals surface area contributed by atoms with Crippen LogP contribution in [0.5, 0.6) is 0 Å². The summed E-state index contributed by atoms with van der Waals surface area (Å²) >= 11 is 0. The van der Waals surface area contributed by atoms with Gasteiger partial charge in [-0.3, -0.25) is 9.48 Å². The molecule has 0 unspecified atom stereocenters. The first-order chi connectivity index (χ1) is 16.5. The van der Waals surface area contributed by atoms with E-state index in [1.165, 1.54) is 13.3 Å². The van der Waals surface area contributed by atoms with Crippen molar-refractivity contribution in [2.24, 2.45) is 5.73 Å². The van der Waals surface area contributed by atoms with E-state index in [2.05, 4.69) is 16.5 Å². The molecule has 0 radical (unpaired) electrons. The second-order valence-corrected chi connectivity index (χ2v) is 9.42. The van der Waals surface area contributed by atoms with Gasteiger partial charge in [-0.25, -0.2) is 9.59 Å². The fourth-order valence-electron chi connectivity index (χ4n) is 3.90. The Kier molecular flexibility index (Phi) is 7.34. The fourth-order valence-corrected chi connectivity index (χ4v) is 3.90. The molecule has 2 heterocycles. The Balaban J connectivity index is 1.84. The van der Waals surface area contributed by atoms with Crippen LogP contribution in [-0.4, -0.2) is 58.5 Å². The molecule has 0 bridgehead atoms. The third kappa shape index (κ3) is 5.90. The normalized spacial score (nSPS) is 15.1. The first kappa shape index (κ1) is 25.6. The van der Waals surface area contributed by atoms with E-state index in [9.17, 15) is 19.6 Å². The van der Waals surface area contributed by atoms with Crippen LogP contribution < -0.4 is 11.1 Å². The summed E-state index contributed by atoms with van der Waals surface area (Å²) in [6.07, 6.45) is 2.18. The lowest BCUT2D eigenvalue weighted by Gasteiger charge is -2.40. The molecule has 1 aliphatic rings. The molecule has 2 amide bonds. The average molecular weight is 483 g/mol. The number of hydrogen-bond donors (Lipinski definition) is 2. The predicted molar refractivity (Wildman–Crippen MR) is 127 cm³/mol.